The topological polar surface area (TPSA) is 23.8 Å². The molecule has 0 bridgehead atoms. The monoisotopic (exact) mass is 521 g/mol. The first-order chi connectivity index (χ1) is 11.1. The van der Waals surface area contributed by atoms with Gasteiger partial charge in [0.25, 0.3) is 0 Å². The van der Waals surface area contributed by atoms with Crippen LogP contribution in [0.15, 0.2) is 60.7 Å². The van der Waals surface area contributed by atoms with Crippen molar-refractivity contribution < 1.29 is 0 Å². The Morgan fingerprint density at radius 3 is 1.78 bits per heavy atom. The predicted molar refractivity (Wildman–Crippen MR) is 112 cm³/mol. The average molecular weight is 521 g/mol. The summed E-state index contributed by atoms with van der Waals surface area (Å²) in [6.07, 6.45) is 0. The van der Waals surface area contributed by atoms with Crippen LogP contribution in [0.3, 0.4) is 0 Å². The molecule has 0 spiro atoms. The van der Waals surface area contributed by atoms with Gasteiger partial charge in [0.05, 0.1) is 11.6 Å². The summed E-state index contributed by atoms with van der Waals surface area (Å²) in [5.41, 5.74) is 6.80. The first kappa shape index (κ1) is 16.5. The summed E-state index contributed by atoms with van der Waals surface area (Å²) < 4.78 is 2.47. The van der Waals surface area contributed by atoms with E-state index in [4.69, 9.17) is 5.26 Å². The van der Waals surface area contributed by atoms with E-state index in [1.54, 1.807) is 0 Å². The third-order valence-corrected chi connectivity index (χ3v) is 5.43. The van der Waals surface area contributed by atoms with Gasteiger partial charge in [0.1, 0.15) is 0 Å². The van der Waals surface area contributed by atoms with Gasteiger partial charge in [-0.15, -0.1) is 0 Å². The first-order valence-electron chi connectivity index (χ1n) is 7.15. The Kier molecular flexibility index (Phi) is 5.02. The van der Waals surface area contributed by atoms with Gasteiger partial charge in [-0.2, -0.15) is 5.26 Å². The number of nitriles is 1. The lowest BCUT2D eigenvalue weighted by Gasteiger charge is -2.12. The summed E-state index contributed by atoms with van der Waals surface area (Å²) >= 11 is 4.82. The lowest BCUT2D eigenvalue weighted by atomic mass is 9.99. The number of hydrogen-bond acceptors (Lipinski definition) is 1. The molecule has 1 nitrogen and oxygen atoms in total. The normalized spacial score (nSPS) is 10.3. The third-order valence-electron chi connectivity index (χ3n) is 3.73. The molecule has 0 N–H and O–H groups in total. The highest BCUT2D eigenvalue weighted by molar-refractivity contribution is 14.1. The fourth-order valence-corrected chi connectivity index (χ4v) is 4.86. The molecule has 0 amide bonds. The maximum atomic E-state index is 8.92. The van der Waals surface area contributed by atoms with Crippen LogP contribution in [0.5, 0.6) is 0 Å². The van der Waals surface area contributed by atoms with Crippen LogP contribution in [0.25, 0.3) is 22.3 Å². The molecule has 0 heterocycles. The molecule has 0 saturated heterocycles. The minimum Gasteiger partial charge on any atom is -0.192 e. The van der Waals surface area contributed by atoms with E-state index in [1.807, 2.05) is 24.3 Å². The van der Waals surface area contributed by atoms with Crippen molar-refractivity contribution in [1.29, 1.82) is 5.26 Å². The van der Waals surface area contributed by atoms with Gasteiger partial charge in [-0.25, -0.2) is 0 Å². The zero-order valence-corrected chi connectivity index (χ0v) is 16.8. The van der Waals surface area contributed by atoms with Crippen LogP contribution in [0.1, 0.15) is 11.1 Å². The molecule has 3 aromatic rings. The van der Waals surface area contributed by atoms with Crippen molar-refractivity contribution in [3.8, 4) is 28.3 Å². The lowest BCUT2D eigenvalue weighted by molar-refractivity contribution is 1.45. The molecule has 3 heteroatoms. The van der Waals surface area contributed by atoms with E-state index in [1.165, 1.54) is 29.4 Å². The molecular weight excluding hydrogens is 508 g/mol. The van der Waals surface area contributed by atoms with E-state index < -0.39 is 0 Å². The first-order valence-corrected chi connectivity index (χ1v) is 9.31. The number of nitrogens with zero attached hydrogens (tertiary/aromatic N) is 1. The molecule has 23 heavy (non-hydrogen) atoms. The van der Waals surface area contributed by atoms with Crippen LogP contribution in [0.4, 0.5) is 0 Å². The van der Waals surface area contributed by atoms with Crippen molar-refractivity contribution in [1.82, 2.24) is 0 Å². The van der Waals surface area contributed by atoms with Gasteiger partial charge in [0, 0.05) is 12.7 Å². The molecule has 112 valence electrons. The summed E-state index contributed by atoms with van der Waals surface area (Å²) in [7, 11) is 0. The SMILES string of the molecule is Cc1ccc(-c2c(I)cc(-c3ccc(C#N)cc3)cc2I)cc1. The van der Waals surface area contributed by atoms with Crippen LogP contribution in [0, 0.1) is 25.4 Å². The van der Waals surface area contributed by atoms with E-state index in [0.717, 1.165) is 5.56 Å². The molecule has 0 unspecified atom stereocenters. The minimum absolute atomic E-state index is 0.689. The zero-order valence-electron chi connectivity index (χ0n) is 12.5. The van der Waals surface area contributed by atoms with E-state index in [9.17, 15) is 0 Å². The van der Waals surface area contributed by atoms with Gasteiger partial charge >= 0.3 is 0 Å². The van der Waals surface area contributed by atoms with E-state index in [0.29, 0.717) is 5.56 Å². The van der Waals surface area contributed by atoms with Gasteiger partial charge in [-0.1, -0.05) is 42.0 Å². The second-order valence-electron chi connectivity index (χ2n) is 5.37. The van der Waals surface area contributed by atoms with Crippen LogP contribution in [0.2, 0.25) is 0 Å². The molecule has 3 aromatic carbocycles. The summed E-state index contributed by atoms with van der Waals surface area (Å²) in [5, 5.41) is 8.92. The Balaban J connectivity index is 2.06. The molecular formula is C20H13I2N. The Morgan fingerprint density at radius 1 is 0.739 bits per heavy atom. The predicted octanol–water partition coefficient (Wildman–Crippen LogP) is 6.41. The third kappa shape index (κ3) is 3.59. The zero-order chi connectivity index (χ0) is 16.4. The van der Waals surface area contributed by atoms with Gasteiger partial charge < -0.3 is 0 Å². The van der Waals surface area contributed by atoms with Crippen molar-refractivity contribution in [3.63, 3.8) is 0 Å². The summed E-state index contributed by atoms with van der Waals surface area (Å²) in [6.45, 7) is 2.10. The number of benzene rings is 3. The molecule has 0 fully saturated rings. The summed E-state index contributed by atoms with van der Waals surface area (Å²) in [5.74, 6) is 0. The van der Waals surface area contributed by atoms with Crippen LogP contribution in [-0.4, -0.2) is 0 Å². The fourth-order valence-electron chi connectivity index (χ4n) is 2.47. The second kappa shape index (κ2) is 7.02. The average Bonchev–Trinajstić information content (AvgIpc) is 2.56. The van der Waals surface area contributed by atoms with Crippen LogP contribution in [-0.2, 0) is 0 Å². The van der Waals surface area contributed by atoms with Gasteiger partial charge in [0.2, 0.25) is 0 Å². The number of halogens is 2. The van der Waals surface area contributed by atoms with Crippen LogP contribution >= 0.6 is 45.2 Å². The Hall–Kier alpha value is -1.39. The van der Waals surface area contributed by atoms with Crippen molar-refractivity contribution in [2.75, 3.05) is 0 Å². The van der Waals surface area contributed by atoms with Crippen molar-refractivity contribution >= 4 is 45.2 Å². The Bertz CT molecular complexity index is 865. The van der Waals surface area contributed by atoms with Gasteiger partial charge in [-0.05, 0) is 93.1 Å². The summed E-state index contributed by atoms with van der Waals surface area (Å²) in [6, 6.07) is 23.0. The second-order valence-corrected chi connectivity index (χ2v) is 7.69. The molecule has 0 aliphatic heterocycles. The van der Waals surface area contributed by atoms with Crippen molar-refractivity contribution in [3.05, 3.63) is 78.9 Å². The molecule has 3 rings (SSSR count). The highest BCUT2D eigenvalue weighted by Crippen LogP contribution is 2.34. The van der Waals surface area contributed by atoms with Crippen molar-refractivity contribution in [2.45, 2.75) is 6.92 Å². The standard InChI is InChI=1S/C20H13I2N/c1-13-2-6-16(7-3-13)20-18(21)10-17(11-19(20)22)15-8-4-14(12-23)5-9-15/h2-11H,1H3. The van der Waals surface area contributed by atoms with Crippen molar-refractivity contribution in [2.24, 2.45) is 0 Å². The smallest absolute Gasteiger partial charge is 0.0991 e. The number of hydrogen-bond donors (Lipinski definition) is 0. The highest BCUT2D eigenvalue weighted by atomic mass is 127. The summed E-state index contributed by atoms with van der Waals surface area (Å²) in [4.78, 5) is 0. The highest BCUT2D eigenvalue weighted by Gasteiger charge is 2.11. The minimum atomic E-state index is 0.689. The van der Waals surface area contributed by atoms with Crippen LogP contribution < -0.4 is 0 Å². The molecule has 0 radical (unpaired) electrons. The van der Waals surface area contributed by atoms with E-state index in [2.05, 4.69) is 94.6 Å². The lowest BCUT2D eigenvalue weighted by Crippen LogP contribution is -1.91. The van der Waals surface area contributed by atoms with Gasteiger partial charge in [-0.3, -0.25) is 0 Å². The quantitative estimate of drug-likeness (QED) is 0.358. The molecule has 0 saturated carbocycles. The molecule has 0 aliphatic carbocycles. The Morgan fingerprint density at radius 2 is 1.26 bits per heavy atom. The van der Waals surface area contributed by atoms with E-state index in [-0.39, 0.29) is 0 Å². The maximum absolute atomic E-state index is 8.92. The largest absolute Gasteiger partial charge is 0.192 e. The maximum Gasteiger partial charge on any atom is 0.0991 e. The number of aryl methyl sites for hydroxylation is 1. The fraction of sp³-hybridized carbons (Fsp3) is 0.0500. The molecule has 0 atom stereocenters. The number of rotatable bonds is 2. The molecule has 0 aromatic heterocycles. The molecule has 0 aliphatic rings. The van der Waals surface area contributed by atoms with E-state index >= 15 is 0 Å². The Labute approximate surface area is 163 Å². The van der Waals surface area contributed by atoms with Gasteiger partial charge in [0.15, 0.2) is 0 Å².